The molecule has 1 unspecified atom stereocenters. The van der Waals surface area contributed by atoms with Crippen LogP contribution in [0.2, 0.25) is 0 Å². The van der Waals surface area contributed by atoms with Crippen molar-refractivity contribution in [3.05, 3.63) is 18.1 Å². The lowest BCUT2D eigenvalue weighted by molar-refractivity contribution is 0.325. The first-order chi connectivity index (χ1) is 9.63. The lowest BCUT2D eigenvalue weighted by atomic mass is 10.4. The van der Waals surface area contributed by atoms with Crippen molar-refractivity contribution >= 4 is 28.5 Å². The lowest BCUT2D eigenvalue weighted by Crippen LogP contribution is -1.97. The molecule has 0 saturated heterocycles. The van der Waals surface area contributed by atoms with Crippen LogP contribution in [0.15, 0.2) is 12.4 Å². The molecule has 0 amide bonds. The van der Waals surface area contributed by atoms with Crippen LogP contribution in [0.4, 0.5) is 0 Å². The molecule has 0 aliphatic rings. The van der Waals surface area contributed by atoms with E-state index in [1.165, 1.54) is 29.1 Å². The van der Waals surface area contributed by atoms with Crippen molar-refractivity contribution in [3.8, 4) is 5.88 Å². The Morgan fingerprint density at radius 1 is 1.20 bits per heavy atom. The summed E-state index contributed by atoms with van der Waals surface area (Å²) in [5, 5.41) is 0. The van der Waals surface area contributed by atoms with Crippen LogP contribution in [0.25, 0.3) is 0 Å². The second-order valence-electron chi connectivity index (χ2n) is 3.75. The van der Waals surface area contributed by atoms with Gasteiger partial charge in [-0.15, -0.1) is 0 Å². The van der Waals surface area contributed by atoms with Gasteiger partial charge in [-0.05, 0) is 20.3 Å². The van der Waals surface area contributed by atoms with Gasteiger partial charge in [0.15, 0.2) is 0 Å². The first-order valence-corrected chi connectivity index (χ1v) is 11.4. The first kappa shape index (κ1) is 17.8. The number of ether oxygens (including phenoxy) is 1. The second kappa shape index (κ2) is 9.66. The molecule has 0 N–H and O–H groups in total. The summed E-state index contributed by atoms with van der Waals surface area (Å²) in [4.78, 5) is 8.18. The molecule has 0 aromatic carbocycles. The zero-order valence-corrected chi connectivity index (χ0v) is 14.6. The summed E-state index contributed by atoms with van der Waals surface area (Å²) >= 11 is 2.72. The maximum absolute atomic E-state index is 12.6. The Balaban J connectivity index is 2.62. The Kier molecular flexibility index (Phi) is 8.61. The van der Waals surface area contributed by atoms with Crippen LogP contribution in [0.5, 0.6) is 5.88 Å². The van der Waals surface area contributed by atoms with Crippen molar-refractivity contribution in [1.82, 2.24) is 9.97 Å². The molecular formula is C12H21N2O3PS2. The van der Waals surface area contributed by atoms with E-state index in [9.17, 15) is 4.57 Å². The highest BCUT2D eigenvalue weighted by Gasteiger charge is 2.24. The summed E-state index contributed by atoms with van der Waals surface area (Å²) < 4.78 is 23.3. The third-order valence-corrected chi connectivity index (χ3v) is 9.69. The minimum absolute atomic E-state index is 0.453. The molecule has 0 bridgehead atoms. The van der Waals surface area contributed by atoms with Gasteiger partial charge in [-0.25, -0.2) is 9.97 Å². The second-order valence-corrected chi connectivity index (χ2v) is 11.2. The number of aromatic nitrogens is 2. The molecule has 0 radical (unpaired) electrons. The van der Waals surface area contributed by atoms with E-state index in [1.807, 2.05) is 13.8 Å². The van der Waals surface area contributed by atoms with Crippen molar-refractivity contribution < 1.29 is 13.8 Å². The fourth-order valence-electron chi connectivity index (χ4n) is 1.30. The van der Waals surface area contributed by atoms with Gasteiger partial charge in [-0.1, -0.05) is 29.7 Å². The van der Waals surface area contributed by atoms with Gasteiger partial charge in [0.05, 0.1) is 18.9 Å². The van der Waals surface area contributed by atoms with E-state index in [4.69, 9.17) is 9.26 Å². The Morgan fingerprint density at radius 2 is 2.00 bits per heavy atom. The van der Waals surface area contributed by atoms with Crippen molar-refractivity contribution in [2.45, 2.75) is 32.9 Å². The molecule has 0 aliphatic heterocycles. The molecule has 0 aliphatic carbocycles. The fraction of sp³-hybridized carbons (Fsp3) is 0.667. The highest BCUT2D eigenvalue weighted by Crippen LogP contribution is 2.70. The third kappa shape index (κ3) is 6.48. The molecule has 114 valence electrons. The molecular weight excluding hydrogens is 315 g/mol. The van der Waals surface area contributed by atoms with Gasteiger partial charge in [-0.2, -0.15) is 0 Å². The topological polar surface area (TPSA) is 61.3 Å². The first-order valence-electron chi connectivity index (χ1n) is 6.60. The summed E-state index contributed by atoms with van der Waals surface area (Å²) in [5.74, 6) is -0.797. The maximum atomic E-state index is 12.6. The maximum Gasteiger partial charge on any atom is 0.313 e. The van der Waals surface area contributed by atoms with E-state index < -0.39 is 5.77 Å². The molecule has 1 rings (SSSR count). The largest absolute Gasteiger partial charge is 0.478 e. The zero-order valence-electron chi connectivity index (χ0n) is 12.1. The zero-order chi connectivity index (χ0) is 14.8. The van der Waals surface area contributed by atoms with Crippen LogP contribution in [-0.4, -0.2) is 28.9 Å². The van der Waals surface area contributed by atoms with Gasteiger partial charge in [-0.3, -0.25) is 4.57 Å². The molecule has 8 heteroatoms. The summed E-state index contributed by atoms with van der Waals surface area (Å²) in [6.45, 7) is 6.84. The molecule has 0 fully saturated rings. The van der Waals surface area contributed by atoms with Crippen molar-refractivity contribution in [3.63, 3.8) is 0 Å². The monoisotopic (exact) mass is 336 g/mol. The number of hydrogen-bond donors (Lipinski definition) is 0. The van der Waals surface area contributed by atoms with Gasteiger partial charge in [0, 0.05) is 17.6 Å². The highest BCUT2D eigenvalue weighted by atomic mass is 33.1. The molecule has 1 heterocycles. The van der Waals surface area contributed by atoms with Crippen LogP contribution in [0.1, 0.15) is 32.9 Å². The van der Waals surface area contributed by atoms with Crippen LogP contribution < -0.4 is 4.74 Å². The van der Waals surface area contributed by atoms with Gasteiger partial charge in [0.2, 0.25) is 5.88 Å². The van der Waals surface area contributed by atoms with Crippen LogP contribution in [0.3, 0.4) is 0 Å². The van der Waals surface area contributed by atoms with E-state index in [2.05, 4.69) is 16.9 Å². The van der Waals surface area contributed by atoms with Gasteiger partial charge in [0.1, 0.15) is 6.33 Å². The lowest BCUT2D eigenvalue weighted by Gasteiger charge is -2.15. The highest BCUT2D eigenvalue weighted by molar-refractivity contribution is 8.89. The van der Waals surface area contributed by atoms with Gasteiger partial charge >= 0.3 is 5.77 Å². The smallest absolute Gasteiger partial charge is 0.313 e. The molecule has 0 saturated carbocycles. The molecule has 20 heavy (non-hydrogen) atoms. The molecule has 1 atom stereocenters. The standard InChI is InChI=1S/C12H21N2O3PS2/c1-4-7-19-18(15,17-6-3)20-9-11-8-12(16-5-2)14-10-13-11/h8,10H,4-7,9H2,1-3H3. The quantitative estimate of drug-likeness (QED) is 0.587. The minimum atomic E-state index is -2.70. The molecule has 1 aromatic rings. The van der Waals surface area contributed by atoms with Crippen molar-refractivity contribution in [1.29, 1.82) is 0 Å². The summed E-state index contributed by atoms with van der Waals surface area (Å²) in [6.07, 6.45) is 2.44. The number of nitrogens with zero attached hydrogens (tertiary/aromatic N) is 2. The summed E-state index contributed by atoms with van der Waals surface area (Å²) in [7, 11) is 0. The fourth-order valence-corrected chi connectivity index (χ4v) is 7.90. The molecule has 0 spiro atoms. The minimum Gasteiger partial charge on any atom is -0.478 e. The van der Waals surface area contributed by atoms with Gasteiger partial charge in [0.25, 0.3) is 0 Å². The van der Waals surface area contributed by atoms with E-state index in [0.29, 0.717) is 24.8 Å². The van der Waals surface area contributed by atoms with E-state index in [1.54, 1.807) is 6.07 Å². The Bertz CT molecular complexity index is 448. The van der Waals surface area contributed by atoms with Crippen LogP contribution in [-0.2, 0) is 14.8 Å². The number of rotatable bonds is 10. The average Bonchev–Trinajstić information content (AvgIpc) is 2.44. The van der Waals surface area contributed by atoms with E-state index in [-0.39, 0.29) is 0 Å². The number of hydrogen-bond acceptors (Lipinski definition) is 7. The van der Waals surface area contributed by atoms with E-state index >= 15 is 0 Å². The summed E-state index contributed by atoms with van der Waals surface area (Å²) in [5.41, 5.74) is 0.797. The average molecular weight is 336 g/mol. The van der Waals surface area contributed by atoms with E-state index in [0.717, 1.165) is 17.9 Å². The van der Waals surface area contributed by atoms with Crippen LogP contribution >= 0.6 is 28.5 Å². The molecule has 5 nitrogen and oxygen atoms in total. The Labute approximate surface area is 128 Å². The SMILES string of the molecule is CCCSP(=O)(OCC)SCc1cc(OCC)ncn1. The summed E-state index contributed by atoms with van der Waals surface area (Å²) in [6, 6.07) is 1.78. The van der Waals surface area contributed by atoms with Crippen molar-refractivity contribution in [2.24, 2.45) is 0 Å². The predicted molar refractivity (Wildman–Crippen MR) is 86.5 cm³/mol. The molecule has 1 aromatic heterocycles. The third-order valence-electron chi connectivity index (χ3n) is 2.10. The Hall–Kier alpha value is -0.230. The van der Waals surface area contributed by atoms with Gasteiger partial charge < -0.3 is 9.26 Å². The Morgan fingerprint density at radius 3 is 2.65 bits per heavy atom. The van der Waals surface area contributed by atoms with Crippen LogP contribution in [0, 0.1) is 0 Å². The van der Waals surface area contributed by atoms with Crippen molar-refractivity contribution in [2.75, 3.05) is 19.0 Å². The normalized spacial score (nSPS) is 13.9. The predicted octanol–water partition coefficient (Wildman–Crippen LogP) is 4.40.